The Bertz CT molecular complexity index is 3700. The first-order valence-corrected chi connectivity index (χ1v) is 19.5. The zero-order valence-electron chi connectivity index (χ0n) is 31.5. The number of alkyl halides is 3. The van der Waals surface area contributed by atoms with Crippen molar-refractivity contribution in [2.75, 3.05) is 0 Å². The van der Waals surface area contributed by atoms with Crippen molar-refractivity contribution in [3.63, 3.8) is 0 Å². The van der Waals surface area contributed by atoms with Crippen molar-refractivity contribution in [1.82, 2.24) is 0 Å². The number of fused-ring (bicyclic) bond motifs is 11. The largest absolute Gasteiger partial charge is 0.416 e. The fraction of sp³-hybridized carbons (Fsp3) is 0.0741. The molecular formula is C54H33F3. The number of halogens is 3. The van der Waals surface area contributed by atoms with Crippen molar-refractivity contribution in [3.8, 4) is 22.3 Å². The van der Waals surface area contributed by atoms with Crippen molar-refractivity contribution in [2.24, 2.45) is 0 Å². The Morgan fingerprint density at radius 1 is 0.333 bits per heavy atom. The highest BCUT2D eigenvalue weighted by Crippen LogP contribution is 2.55. The van der Waals surface area contributed by atoms with Gasteiger partial charge in [0.25, 0.3) is 0 Å². The molecule has 0 saturated heterocycles. The third-order valence-electron chi connectivity index (χ3n) is 12.8. The van der Waals surface area contributed by atoms with Crippen LogP contribution in [0.1, 0.15) is 22.3 Å². The molecule has 0 amide bonds. The molecule has 0 saturated carbocycles. The minimum atomic E-state index is -4.50. The van der Waals surface area contributed by atoms with Crippen LogP contribution in [0.2, 0.25) is 0 Å². The highest BCUT2D eigenvalue weighted by atomic mass is 19.4. The molecule has 0 radical (unpaired) electrons. The van der Waals surface area contributed by atoms with E-state index in [1.54, 1.807) is 6.07 Å². The molecule has 12 rings (SSSR count). The molecule has 0 aromatic heterocycles. The Kier molecular flexibility index (Phi) is 6.39. The topological polar surface area (TPSA) is 0 Å². The van der Waals surface area contributed by atoms with Gasteiger partial charge in [0.05, 0.1) is 5.56 Å². The first-order valence-electron chi connectivity index (χ1n) is 19.5. The van der Waals surface area contributed by atoms with E-state index in [1.807, 2.05) is 6.92 Å². The molecule has 0 aliphatic heterocycles. The lowest BCUT2D eigenvalue weighted by molar-refractivity contribution is -0.137. The molecule has 0 heterocycles. The summed E-state index contributed by atoms with van der Waals surface area (Å²) in [7, 11) is 0. The fourth-order valence-corrected chi connectivity index (χ4v) is 10.3. The van der Waals surface area contributed by atoms with Crippen molar-refractivity contribution < 1.29 is 13.2 Å². The molecule has 12 aromatic carbocycles. The van der Waals surface area contributed by atoms with Crippen LogP contribution in [0, 0.1) is 20.8 Å². The molecule has 0 unspecified atom stereocenters. The minimum Gasteiger partial charge on any atom is -0.166 e. The first kappa shape index (κ1) is 32.5. The molecule has 3 heteroatoms. The van der Waals surface area contributed by atoms with Crippen molar-refractivity contribution >= 4 is 97.0 Å². The molecule has 0 aliphatic carbocycles. The van der Waals surface area contributed by atoms with E-state index in [4.69, 9.17) is 0 Å². The van der Waals surface area contributed by atoms with Gasteiger partial charge >= 0.3 is 6.18 Å². The van der Waals surface area contributed by atoms with E-state index in [0.29, 0.717) is 5.56 Å². The van der Waals surface area contributed by atoms with Crippen LogP contribution in [0.4, 0.5) is 13.2 Å². The summed E-state index contributed by atoms with van der Waals surface area (Å²) in [4.78, 5) is 0. The number of hydrogen-bond acceptors (Lipinski definition) is 0. The minimum absolute atomic E-state index is 0.604. The number of rotatable bonds is 2. The monoisotopic (exact) mass is 738 g/mol. The van der Waals surface area contributed by atoms with E-state index in [2.05, 4.69) is 141 Å². The molecule has 0 aliphatic rings. The molecule has 0 nitrogen and oxygen atoms in total. The Hall–Kier alpha value is -6.71. The summed E-state index contributed by atoms with van der Waals surface area (Å²) in [6, 6.07) is 50.3. The van der Waals surface area contributed by atoms with Gasteiger partial charge in [-0.2, -0.15) is 13.2 Å². The van der Waals surface area contributed by atoms with Crippen molar-refractivity contribution in [1.29, 1.82) is 0 Å². The van der Waals surface area contributed by atoms with Gasteiger partial charge in [-0.25, -0.2) is 0 Å². The van der Waals surface area contributed by atoms with Crippen LogP contribution >= 0.6 is 0 Å². The summed E-state index contributed by atoms with van der Waals surface area (Å²) in [6.07, 6.45) is -4.50. The molecule has 0 spiro atoms. The van der Waals surface area contributed by atoms with Crippen molar-refractivity contribution in [3.05, 3.63) is 168 Å². The molecule has 0 N–H and O–H groups in total. The van der Waals surface area contributed by atoms with Gasteiger partial charge in [-0.1, -0.05) is 115 Å². The highest BCUT2D eigenvalue weighted by molar-refractivity contribution is 6.44. The zero-order valence-corrected chi connectivity index (χ0v) is 31.5. The first-order chi connectivity index (χ1) is 27.7. The molecular weight excluding hydrogens is 706 g/mol. The van der Waals surface area contributed by atoms with Crippen LogP contribution in [-0.2, 0) is 6.18 Å². The van der Waals surface area contributed by atoms with E-state index in [1.165, 1.54) is 39.1 Å². The summed E-state index contributed by atoms with van der Waals surface area (Å²) in [5.41, 5.74) is 6.17. The Balaban J connectivity index is 1.42. The van der Waals surface area contributed by atoms with Gasteiger partial charge in [-0.05, 0) is 188 Å². The maximum absolute atomic E-state index is 14.7. The summed E-state index contributed by atoms with van der Waals surface area (Å²) in [5.74, 6) is 0. The molecule has 12 aromatic rings. The SMILES string of the molecule is Cc1ccc(C)c(-c2c3cc4c(cc3c(-c3cc(C(F)(F)F)ccc3C)c3c5cc6ccccc6c6cccc(c23)c65)c2cccc3c5ccccc5cc4c32)c1. The van der Waals surface area contributed by atoms with E-state index in [9.17, 15) is 13.2 Å². The summed E-state index contributed by atoms with van der Waals surface area (Å²) < 4.78 is 44.2. The standard InChI is InChI=1S/C54H33F3/c1-28-18-19-29(2)40(22-28)50-46-27-43-42(38-16-8-14-36-34-12-6-4-10-31(34)23-44(43)48(36)38)26-45(46)51(41-25-33(54(55,56)57)21-20-30(41)3)53-47-24-32-11-5-7-13-35(32)37-15-9-17-39(49(37)47)52(50)53/h4-27H,1-3H3. The van der Waals surface area contributed by atoms with Gasteiger partial charge in [0.1, 0.15) is 0 Å². The fourth-order valence-electron chi connectivity index (χ4n) is 10.3. The lowest BCUT2D eigenvalue weighted by Gasteiger charge is -2.20. The average molecular weight is 739 g/mol. The van der Waals surface area contributed by atoms with Crippen LogP contribution in [0.5, 0.6) is 0 Å². The van der Waals surface area contributed by atoms with Gasteiger partial charge in [-0.3, -0.25) is 0 Å². The van der Waals surface area contributed by atoms with Crippen LogP contribution in [0.3, 0.4) is 0 Å². The van der Waals surface area contributed by atoms with Crippen LogP contribution < -0.4 is 0 Å². The smallest absolute Gasteiger partial charge is 0.166 e. The second-order valence-corrected chi connectivity index (χ2v) is 16.0. The third kappa shape index (κ3) is 4.34. The van der Waals surface area contributed by atoms with Crippen molar-refractivity contribution in [2.45, 2.75) is 26.9 Å². The maximum Gasteiger partial charge on any atom is 0.416 e. The Labute approximate surface area is 326 Å². The third-order valence-corrected chi connectivity index (χ3v) is 12.8. The average Bonchev–Trinajstić information content (AvgIpc) is 3.70. The van der Waals surface area contributed by atoms with Gasteiger partial charge in [0, 0.05) is 0 Å². The number of hydrogen-bond donors (Lipinski definition) is 0. The normalized spacial score (nSPS) is 12.7. The van der Waals surface area contributed by atoms with Gasteiger partial charge in [0.15, 0.2) is 0 Å². The number of aryl methyl sites for hydroxylation is 3. The molecule has 0 atom stereocenters. The predicted molar refractivity (Wildman–Crippen MR) is 236 cm³/mol. The van der Waals surface area contributed by atoms with E-state index >= 15 is 0 Å². The van der Waals surface area contributed by atoms with E-state index in [0.717, 1.165) is 103 Å². The summed E-state index contributed by atoms with van der Waals surface area (Å²) >= 11 is 0. The quantitative estimate of drug-likeness (QED) is 0.155. The molecule has 0 bridgehead atoms. The highest BCUT2D eigenvalue weighted by Gasteiger charge is 2.32. The Morgan fingerprint density at radius 2 is 0.807 bits per heavy atom. The second kappa shape index (κ2) is 11.2. The maximum atomic E-state index is 14.7. The summed E-state index contributed by atoms with van der Waals surface area (Å²) in [6.45, 7) is 6.25. The van der Waals surface area contributed by atoms with Gasteiger partial charge in [-0.15, -0.1) is 0 Å². The lowest BCUT2D eigenvalue weighted by Crippen LogP contribution is -2.05. The van der Waals surface area contributed by atoms with E-state index < -0.39 is 11.7 Å². The lowest BCUT2D eigenvalue weighted by atomic mass is 9.83. The number of benzene rings is 10. The van der Waals surface area contributed by atoms with Crippen LogP contribution in [0.15, 0.2) is 146 Å². The predicted octanol–water partition coefficient (Wildman–Crippen LogP) is 16.2. The Morgan fingerprint density at radius 3 is 1.44 bits per heavy atom. The van der Waals surface area contributed by atoms with E-state index in [-0.39, 0.29) is 0 Å². The van der Waals surface area contributed by atoms with Crippen LogP contribution in [-0.4, -0.2) is 0 Å². The zero-order chi connectivity index (χ0) is 38.5. The van der Waals surface area contributed by atoms with Gasteiger partial charge < -0.3 is 0 Å². The second-order valence-electron chi connectivity index (χ2n) is 16.0. The van der Waals surface area contributed by atoms with Gasteiger partial charge in [0.2, 0.25) is 0 Å². The van der Waals surface area contributed by atoms with Crippen LogP contribution in [0.25, 0.3) is 119 Å². The molecule has 57 heavy (non-hydrogen) atoms. The molecule has 270 valence electrons. The summed E-state index contributed by atoms with van der Waals surface area (Å²) in [5, 5.41) is 20.2. The molecule has 0 fully saturated rings.